The Kier molecular flexibility index (Phi) is 6.10. The van der Waals surface area contributed by atoms with Gasteiger partial charge < -0.3 is 15.0 Å². The molecule has 0 unspecified atom stereocenters. The van der Waals surface area contributed by atoms with Gasteiger partial charge in [0.2, 0.25) is 0 Å². The fraction of sp³-hybridized carbons (Fsp3) is 0.190. The Morgan fingerprint density at radius 3 is 2.61 bits per heavy atom. The number of hydrogen-bond donors (Lipinski definition) is 2. The summed E-state index contributed by atoms with van der Waals surface area (Å²) < 4.78 is 26.4. The van der Waals surface area contributed by atoms with Crippen molar-refractivity contribution < 1.29 is 18.8 Å². The molecule has 3 atom stereocenters. The van der Waals surface area contributed by atoms with Crippen molar-refractivity contribution in [3.8, 4) is 16.9 Å². The summed E-state index contributed by atoms with van der Waals surface area (Å²) in [5, 5.41) is 17.4. The quantitative estimate of drug-likeness (QED) is 0.577. The van der Waals surface area contributed by atoms with E-state index in [1.807, 2.05) is 0 Å². The predicted octanol–water partition coefficient (Wildman–Crippen LogP) is 1.91. The van der Waals surface area contributed by atoms with Gasteiger partial charge in [0.05, 0.1) is 11.4 Å². The molecule has 1 aliphatic rings. The summed E-state index contributed by atoms with van der Waals surface area (Å²) in [6.45, 7) is 0. The summed E-state index contributed by atoms with van der Waals surface area (Å²) >= 11 is 4.69. The second-order valence-corrected chi connectivity index (χ2v) is 9.05. The van der Waals surface area contributed by atoms with E-state index in [2.05, 4.69) is 10.4 Å². The molecule has 10 heteroatoms. The molecule has 4 rings (SSSR count). The van der Waals surface area contributed by atoms with E-state index >= 15 is 0 Å². The highest BCUT2D eigenvalue weighted by Gasteiger charge is 2.37. The van der Waals surface area contributed by atoms with Gasteiger partial charge >= 0.3 is 0 Å². The second kappa shape index (κ2) is 8.80. The molecule has 31 heavy (non-hydrogen) atoms. The Hall–Kier alpha value is -2.72. The zero-order chi connectivity index (χ0) is 22.1. The van der Waals surface area contributed by atoms with Gasteiger partial charge in [-0.25, -0.2) is 4.39 Å². The molecule has 1 fully saturated rings. The van der Waals surface area contributed by atoms with E-state index in [-0.39, 0.29) is 22.8 Å². The largest absolute Gasteiger partial charge is 0.616 e. The summed E-state index contributed by atoms with van der Waals surface area (Å²) in [6.07, 6.45) is -0.965. The molecule has 7 nitrogen and oxygen atoms in total. The first-order valence-corrected chi connectivity index (χ1v) is 11.2. The Morgan fingerprint density at radius 1 is 1.23 bits per heavy atom. The van der Waals surface area contributed by atoms with Gasteiger partial charge in [0.15, 0.2) is 0 Å². The van der Waals surface area contributed by atoms with E-state index in [0.717, 1.165) is 10.7 Å². The van der Waals surface area contributed by atoms with Crippen LogP contribution in [0.15, 0.2) is 59.4 Å². The van der Waals surface area contributed by atoms with Crippen LogP contribution in [0.1, 0.15) is 10.4 Å². The smallest absolute Gasteiger partial charge is 0.284 e. The van der Waals surface area contributed by atoms with Gasteiger partial charge in [-0.1, -0.05) is 29.8 Å². The van der Waals surface area contributed by atoms with Crippen molar-refractivity contribution in [1.82, 2.24) is 15.1 Å². The number of rotatable bonds is 4. The van der Waals surface area contributed by atoms with Crippen LogP contribution in [0.2, 0.25) is 5.02 Å². The van der Waals surface area contributed by atoms with E-state index in [0.29, 0.717) is 16.3 Å². The standard InChI is InChI=1S/C21H17ClFN3O4S/c22-13-6-4-12(5-7-13)17-9-16(20(28)24-18-10-31(30)11-19(18)27)21(29)26(25-17)15-3-1-2-14(23)8-15/h1-9,18-19,27H,10-11H2,(H,24,28)/t18-,19+,31+/m0/s1. The van der Waals surface area contributed by atoms with Crippen LogP contribution in [-0.4, -0.2) is 49.0 Å². The lowest BCUT2D eigenvalue weighted by atomic mass is 10.1. The Morgan fingerprint density at radius 2 is 1.97 bits per heavy atom. The first-order chi connectivity index (χ1) is 14.8. The normalized spacial score (nSPS) is 20.6. The molecular formula is C21H17ClFN3O4S. The van der Waals surface area contributed by atoms with Gasteiger partial charge in [0, 0.05) is 10.6 Å². The molecule has 0 bridgehead atoms. The minimum absolute atomic E-state index is 0.0604. The van der Waals surface area contributed by atoms with Crippen molar-refractivity contribution in [3.05, 3.63) is 81.4 Å². The minimum atomic E-state index is -1.25. The van der Waals surface area contributed by atoms with E-state index in [1.54, 1.807) is 24.3 Å². The molecule has 2 heterocycles. The van der Waals surface area contributed by atoms with Crippen molar-refractivity contribution in [2.45, 2.75) is 12.1 Å². The van der Waals surface area contributed by atoms with Crippen molar-refractivity contribution in [3.63, 3.8) is 0 Å². The van der Waals surface area contributed by atoms with E-state index in [1.165, 1.54) is 24.3 Å². The highest BCUT2D eigenvalue weighted by Crippen LogP contribution is 2.21. The van der Waals surface area contributed by atoms with Crippen molar-refractivity contribution in [2.75, 3.05) is 11.5 Å². The summed E-state index contributed by atoms with van der Waals surface area (Å²) in [4.78, 5) is 26.0. The third-order valence-corrected chi connectivity index (χ3v) is 6.55. The zero-order valence-electron chi connectivity index (χ0n) is 16.0. The molecule has 0 aliphatic carbocycles. The lowest BCUT2D eigenvalue weighted by Gasteiger charge is -2.15. The topological polar surface area (TPSA) is 107 Å². The Balaban J connectivity index is 1.80. The van der Waals surface area contributed by atoms with E-state index in [4.69, 9.17) is 11.6 Å². The fourth-order valence-electron chi connectivity index (χ4n) is 3.27. The van der Waals surface area contributed by atoms with E-state index < -0.39 is 40.6 Å². The molecular weight excluding hydrogens is 445 g/mol. The number of carbonyl (C=O) groups is 1. The van der Waals surface area contributed by atoms with Gasteiger partial charge in [-0.2, -0.15) is 9.78 Å². The fourth-order valence-corrected chi connectivity index (χ4v) is 4.85. The molecule has 1 aromatic heterocycles. The lowest BCUT2D eigenvalue weighted by molar-refractivity contribution is 0.0886. The average Bonchev–Trinajstić information content (AvgIpc) is 3.05. The van der Waals surface area contributed by atoms with Crippen LogP contribution < -0.4 is 10.9 Å². The monoisotopic (exact) mass is 461 g/mol. The van der Waals surface area contributed by atoms with Crippen molar-refractivity contribution in [2.24, 2.45) is 0 Å². The molecule has 0 radical (unpaired) electrons. The highest BCUT2D eigenvalue weighted by molar-refractivity contribution is 7.91. The molecule has 160 valence electrons. The van der Waals surface area contributed by atoms with Crippen molar-refractivity contribution in [1.29, 1.82) is 0 Å². The number of halogens is 2. The third kappa shape index (κ3) is 4.64. The molecule has 2 aromatic carbocycles. The SMILES string of the molecule is O=C(N[C@H]1C[S@@+]([O-])C[C@H]1O)c1cc(-c2ccc(Cl)cc2)nn(-c2cccc(F)c2)c1=O. The van der Waals surface area contributed by atoms with Gasteiger partial charge in [0.1, 0.15) is 35.0 Å². The molecule has 1 amide bonds. The Bertz CT molecular complexity index is 1190. The number of nitrogens with zero attached hydrogens (tertiary/aromatic N) is 2. The van der Waals surface area contributed by atoms with Gasteiger partial charge in [-0.05, 0) is 47.6 Å². The average molecular weight is 462 g/mol. The van der Waals surface area contributed by atoms with Gasteiger partial charge in [-0.3, -0.25) is 9.59 Å². The number of carbonyl (C=O) groups excluding carboxylic acids is 1. The first-order valence-electron chi connectivity index (χ1n) is 9.32. The van der Waals surface area contributed by atoms with Crippen LogP contribution in [-0.2, 0) is 11.2 Å². The van der Waals surface area contributed by atoms with Crippen LogP contribution in [0.5, 0.6) is 0 Å². The number of nitrogens with one attached hydrogen (secondary N) is 1. The maximum absolute atomic E-state index is 13.8. The van der Waals surface area contributed by atoms with Crippen LogP contribution in [0.25, 0.3) is 16.9 Å². The maximum atomic E-state index is 13.8. The predicted molar refractivity (Wildman–Crippen MR) is 115 cm³/mol. The summed E-state index contributed by atoms with van der Waals surface area (Å²) in [7, 11) is 0. The molecule has 3 aromatic rings. The van der Waals surface area contributed by atoms with Crippen LogP contribution in [0.3, 0.4) is 0 Å². The number of aliphatic hydroxyl groups is 1. The molecule has 1 saturated heterocycles. The number of hydrogen-bond acceptors (Lipinski definition) is 5. The van der Waals surface area contributed by atoms with Gasteiger partial charge in [-0.15, -0.1) is 0 Å². The number of benzene rings is 2. The van der Waals surface area contributed by atoms with Crippen LogP contribution >= 0.6 is 11.6 Å². The maximum Gasteiger partial charge on any atom is 0.284 e. The minimum Gasteiger partial charge on any atom is -0.616 e. The van der Waals surface area contributed by atoms with Crippen LogP contribution in [0.4, 0.5) is 4.39 Å². The molecule has 1 aliphatic heterocycles. The third-order valence-electron chi connectivity index (χ3n) is 4.85. The molecule has 2 N–H and O–H groups in total. The zero-order valence-corrected chi connectivity index (χ0v) is 17.6. The van der Waals surface area contributed by atoms with Gasteiger partial charge in [0.25, 0.3) is 11.5 Å². The van der Waals surface area contributed by atoms with Crippen LogP contribution in [0, 0.1) is 5.82 Å². The molecule has 0 saturated carbocycles. The Labute approximate surface area is 184 Å². The van der Waals surface area contributed by atoms with Crippen molar-refractivity contribution >= 4 is 28.7 Å². The number of amides is 1. The summed E-state index contributed by atoms with van der Waals surface area (Å²) in [6, 6.07) is 12.5. The van der Waals surface area contributed by atoms with E-state index in [9.17, 15) is 23.6 Å². The number of aliphatic hydroxyl groups excluding tert-OH is 1. The summed E-state index contributed by atoms with van der Waals surface area (Å²) in [5.74, 6) is -1.15. The highest BCUT2D eigenvalue weighted by atomic mass is 35.5. The summed E-state index contributed by atoms with van der Waals surface area (Å²) in [5.41, 5.74) is 0.0345. The lowest BCUT2D eigenvalue weighted by Crippen LogP contribution is -2.44. The second-order valence-electron chi connectivity index (χ2n) is 7.07. The first kappa shape index (κ1) is 21.5. The number of aromatic nitrogens is 2. The molecule has 0 spiro atoms.